The van der Waals surface area contributed by atoms with Crippen molar-refractivity contribution in [3.8, 4) is 34.1 Å². The topological polar surface area (TPSA) is 101 Å². The third-order valence-corrected chi connectivity index (χ3v) is 5.66. The highest BCUT2D eigenvalue weighted by molar-refractivity contribution is 9.10. The van der Waals surface area contributed by atoms with Crippen molar-refractivity contribution in [2.75, 3.05) is 35.0 Å². The Balaban J connectivity index is 2.56. The summed E-state index contributed by atoms with van der Waals surface area (Å²) in [5.74, 6) is -0.326. The molecule has 0 radical (unpaired) electrons. The highest BCUT2D eigenvalue weighted by Gasteiger charge is 2.27. The van der Waals surface area contributed by atoms with Crippen molar-refractivity contribution in [2.24, 2.45) is 0 Å². The van der Waals surface area contributed by atoms with Crippen molar-refractivity contribution in [3.05, 3.63) is 45.9 Å². The molecule has 0 fully saturated rings. The van der Waals surface area contributed by atoms with E-state index in [4.69, 9.17) is 23.7 Å². The molecule has 3 aromatic carbocycles. The van der Waals surface area contributed by atoms with Crippen molar-refractivity contribution in [1.29, 1.82) is 0 Å². The summed E-state index contributed by atoms with van der Waals surface area (Å²) >= 11 is 3.46. The van der Waals surface area contributed by atoms with E-state index in [0.717, 1.165) is 0 Å². The zero-order chi connectivity index (χ0) is 24.3. The maximum absolute atomic E-state index is 12.9. The quantitative estimate of drug-likeness (QED) is 0.407. The number of carbonyl (C=O) groups excluding carboxylic acids is 1. The molecule has 0 atom stereocenters. The number of methoxy groups -OCH3 is 4. The number of fused-ring (bicyclic) bond motifs is 1. The van der Waals surface area contributed by atoms with Crippen molar-refractivity contribution in [1.82, 2.24) is 0 Å². The number of esters is 1. The molecule has 1 N–H and O–H groups in total. The fourth-order valence-electron chi connectivity index (χ4n) is 3.68. The average Bonchev–Trinajstić information content (AvgIpc) is 2.81. The van der Waals surface area contributed by atoms with Crippen LogP contribution in [0.3, 0.4) is 0 Å². The first-order valence-electron chi connectivity index (χ1n) is 9.86. The summed E-state index contributed by atoms with van der Waals surface area (Å²) in [5.41, 5.74) is 0.560. The monoisotopic (exact) mass is 518 g/mol. The van der Waals surface area contributed by atoms with Crippen LogP contribution in [0.15, 0.2) is 34.8 Å². The predicted molar refractivity (Wildman–Crippen MR) is 126 cm³/mol. The molecule has 0 aliphatic rings. The molecule has 0 spiro atoms. The smallest absolute Gasteiger partial charge is 0.339 e. The highest BCUT2D eigenvalue weighted by atomic mass is 79.9. The van der Waals surface area contributed by atoms with Crippen LogP contribution in [-0.4, -0.2) is 52.1 Å². The van der Waals surface area contributed by atoms with Gasteiger partial charge >= 0.3 is 11.9 Å². The lowest BCUT2D eigenvalue weighted by Gasteiger charge is -2.19. The molecule has 0 saturated carbocycles. The summed E-state index contributed by atoms with van der Waals surface area (Å²) in [6.45, 7) is 2.22. The summed E-state index contributed by atoms with van der Waals surface area (Å²) in [7, 11) is 5.69. The number of aromatic carboxylic acids is 1. The molecule has 0 aliphatic heterocycles. The predicted octanol–water partition coefficient (Wildman–Crippen LogP) is 5.18. The van der Waals surface area contributed by atoms with Gasteiger partial charge in [-0.2, -0.15) is 0 Å². The SMILES string of the molecule is CCOc1cc2cc(C(=O)O)c(C(=O)OC)c(-c3cc(Br)c(OC)c(OC)c3)c2cc1OC. The van der Waals surface area contributed by atoms with Crippen LogP contribution in [0.5, 0.6) is 23.0 Å². The van der Waals surface area contributed by atoms with Crippen LogP contribution in [0.2, 0.25) is 0 Å². The second-order valence-corrected chi connectivity index (χ2v) is 7.68. The highest BCUT2D eigenvalue weighted by Crippen LogP contribution is 2.45. The number of ether oxygens (including phenoxy) is 5. The first-order chi connectivity index (χ1) is 15.8. The van der Waals surface area contributed by atoms with Gasteiger partial charge in [0, 0.05) is 5.56 Å². The lowest BCUT2D eigenvalue weighted by atomic mass is 9.89. The number of carbonyl (C=O) groups is 2. The van der Waals surface area contributed by atoms with E-state index in [9.17, 15) is 14.7 Å². The Morgan fingerprint density at radius 1 is 0.909 bits per heavy atom. The molecule has 0 amide bonds. The summed E-state index contributed by atoms with van der Waals surface area (Å²) in [4.78, 5) is 25.0. The molecule has 0 bridgehead atoms. The van der Waals surface area contributed by atoms with Gasteiger partial charge in [0.25, 0.3) is 0 Å². The maximum Gasteiger partial charge on any atom is 0.339 e. The number of carboxylic acid groups (broad SMARTS) is 1. The van der Waals surface area contributed by atoms with E-state index in [-0.39, 0.29) is 11.1 Å². The van der Waals surface area contributed by atoms with E-state index >= 15 is 0 Å². The lowest BCUT2D eigenvalue weighted by Crippen LogP contribution is -2.13. The standard InChI is InChI=1S/C24H23BrO8/c1-6-33-18-9-12-7-15(23(26)27)21(24(28)32-5)20(14(12)11-17(18)29-2)13-8-16(25)22(31-4)19(10-13)30-3/h7-11H,6H2,1-5H3,(H,26,27). The Hall–Kier alpha value is -3.46. The molecular weight excluding hydrogens is 496 g/mol. The molecule has 33 heavy (non-hydrogen) atoms. The Kier molecular flexibility index (Phi) is 7.33. The zero-order valence-electron chi connectivity index (χ0n) is 18.8. The third kappa shape index (κ3) is 4.41. The molecule has 9 heteroatoms. The number of benzene rings is 3. The van der Waals surface area contributed by atoms with Gasteiger partial charge in [0.15, 0.2) is 23.0 Å². The molecule has 0 unspecified atom stereocenters. The van der Waals surface area contributed by atoms with Gasteiger partial charge < -0.3 is 28.8 Å². The lowest BCUT2D eigenvalue weighted by molar-refractivity contribution is 0.0584. The zero-order valence-corrected chi connectivity index (χ0v) is 20.4. The molecule has 3 rings (SSSR count). The molecule has 0 saturated heterocycles. The average molecular weight is 519 g/mol. The largest absolute Gasteiger partial charge is 0.493 e. The molecule has 174 valence electrons. The van der Waals surface area contributed by atoms with E-state index in [1.165, 1.54) is 34.5 Å². The van der Waals surface area contributed by atoms with E-state index in [2.05, 4.69) is 15.9 Å². The van der Waals surface area contributed by atoms with Crippen molar-refractivity contribution in [3.63, 3.8) is 0 Å². The van der Waals surface area contributed by atoms with Crippen LogP contribution >= 0.6 is 15.9 Å². The summed E-state index contributed by atoms with van der Waals surface area (Å²) in [5, 5.41) is 11.0. The Morgan fingerprint density at radius 2 is 1.61 bits per heavy atom. The minimum atomic E-state index is -1.27. The van der Waals surface area contributed by atoms with Crippen LogP contribution in [0, 0.1) is 0 Å². The first kappa shape index (κ1) is 24.2. The van der Waals surface area contributed by atoms with Crippen LogP contribution < -0.4 is 18.9 Å². The van der Waals surface area contributed by atoms with Crippen LogP contribution in [0.4, 0.5) is 0 Å². The van der Waals surface area contributed by atoms with Gasteiger partial charge in [0.2, 0.25) is 0 Å². The number of hydrogen-bond donors (Lipinski definition) is 1. The number of carboxylic acids is 1. The second kappa shape index (κ2) is 9.99. The molecule has 0 heterocycles. The minimum absolute atomic E-state index is 0.0946. The summed E-state index contributed by atoms with van der Waals surface area (Å²) in [6, 6.07) is 8.20. The number of hydrogen-bond acceptors (Lipinski definition) is 7. The van der Waals surface area contributed by atoms with Gasteiger partial charge in [-0.1, -0.05) is 0 Å². The van der Waals surface area contributed by atoms with Crippen LogP contribution in [-0.2, 0) is 4.74 Å². The Bertz CT molecular complexity index is 1240. The molecule has 8 nitrogen and oxygen atoms in total. The Morgan fingerprint density at radius 3 is 2.15 bits per heavy atom. The number of rotatable bonds is 8. The first-order valence-corrected chi connectivity index (χ1v) is 10.6. The minimum Gasteiger partial charge on any atom is -0.493 e. The van der Waals surface area contributed by atoms with Gasteiger partial charge in [-0.05, 0) is 69.5 Å². The fourth-order valence-corrected chi connectivity index (χ4v) is 4.29. The maximum atomic E-state index is 12.9. The van der Waals surface area contributed by atoms with Gasteiger partial charge in [0.05, 0.1) is 50.6 Å². The Labute approximate surface area is 199 Å². The van der Waals surface area contributed by atoms with E-state index < -0.39 is 11.9 Å². The van der Waals surface area contributed by atoms with Gasteiger partial charge in [0.1, 0.15) is 0 Å². The number of halogens is 1. The molecular formula is C24H23BrO8. The molecule has 0 aromatic heterocycles. The third-order valence-electron chi connectivity index (χ3n) is 5.07. The van der Waals surface area contributed by atoms with Crippen molar-refractivity contribution in [2.45, 2.75) is 6.92 Å². The molecule has 3 aromatic rings. The van der Waals surface area contributed by atoms with Gasteiger partial charge in [-0.15, -0.1) is 0 Å². The van der Waals surface area contributed by atoms with Gasteiger partial charge in [-0.25, -0.2) is 9.59 Å². The van der Waals surface area contributed by atoms with Crippen LogP contribution in [0.25, 0.3) is 21.9 Å². The normalized spacial score (nSPS) is 10.6. The summed E-state index contributed by atoms with van der Waals surface area (Å²) in [6.07, 6.45) is 0. The van der Waals surface area contributed by atoms with Crippen LogP contribution in [0.1, 0.15) is 27.6 Å². The van der Waals surface area contributed by atoms with E-state index in [0.29, 0.717) is 56.0 Å². The molecule has 0 aliphatic carbocycles. The van der Waals surface area contributed by atoms with Gasteiger partial charge in [-0.3, -0.25) is 0 Å². The summed E-state index contributed by atoms with van der Waals surface area (Å²) < 4.78 is 27.5. The van der Waals surface area contributed by atoms with E-state index in [1.54, 1.807) is 24.3 Å². The fraction of sp³-hybridized carbons (Fsp3) is 0.250. The van der Waals surface area contributed by atoms with Crippen molar-refractivity contribution >= 4 is 38.6 Å². The second-order valence-electron chi connectivity index (χ2n) is 6.82. The van der Waals surface area contributed by atoms with E-state index in [1.807, 2.05) is 6.92 Å². The van der Waals surface area contributed by atoms with Crippen molar-refractivity contribution < 1.29 is 38.4 Å².